The van der Waals surface area contributed by atoms with Crippen LogP contribution < -0.4 is 5.44 Å². The Morgan fingerprint density at radius 3 is 2.04 bits per heavy atom. The summed E-state index contributed by atoms with van der Waals surface area (Å²) in [6, 6.07) is 6.04. The normalized spacial score (nSPS) is 12.1. The number of nitrogens with zero attached hydrogens (tertiary/aromatic N) is 4. The van der Waals surface area contributed by atoms with Gasteiger partial charge in [0.15, 0.2) is 0 Å². The summed E-state index contributed by atoms with van der Waals surface area (Å²) in [6.07, 6.45) is 2.04. The molecule has 0 saturated heterocycles. The van der Waals surface area contributed by atoms with Gasteiger partial charge in [0.1, 0.15) is 18.4 Å². The number of nitrogens with one attached hydrogen (secondary N) is 1. The topological polar surface area (TPSA) is 47.6 Å². The molecule has 0 fully saturated rings. The monoisotopic (exact) mass is 357 g/mol. The molecule has 2 rings (SSSR count). The third kappa shape index (κ3) is 3.34. The minimum absolute atomic E-state index is 0. The summed E-state index contributed by atoms with van der Waals surface area (Å²) in [5.74, 6) is 0. The second-order valence-electron chi connectivity index (χ2n) is 5.33. The molecular weight excluding hydrogens is 329 g/mol. The number of rotatable bonds is 7. The van der Waals surface area contributed by atoms with E-state index in [2.05, 4.69) is 41.4 Å². The Hall–Kier alpha value is -0.870. The van der Waals surface area contributed by atoms with Gasteiger partial charge in [-0.3, -0.25) is 18.9 Å². The van der Waals surface area contributed by atoms with Gasteiger partial charge in [-0.1, -0.05) is 33.8 Å². The SMILES string of the molecule is CCN(CC)P(=N)(c1c(C)nc2ccccn12)N(CC)CC.Cl. The molecule has 0 aliphatic carbocycles. The molecule has 0 aliphatic heterocycles. The van der Waals surface area contributed by atoms with Crippen LogP contribution in [-0.4, -0.2) is 44.9 Å². The number of pyridine rings is 1. The average molecular weight is 358 g/mol. The van der Waals surface area contributed by atoms with Gasteiger partial charge in [0.2, 0.25) is 0 Å². The van der Waals surface area contributed by atoms with Crippen LogP contribution in [0.5, 0.6) is 0 Å². The zero-order valence-electron chi connectivity index (χ0n) is 14.8. The highest BCUT2D eigenvalue weighted by molar-refractivity contribution is 7.68. The third-order valence-electron chi connectivity index (χ3n) is 4.25. The van der Waals surface area contributed by atoms with E-state index in [0.29, 0.717) is 0 Å². The number of aryl methyl sites for hydroxylation is 1. The first-order valence-corrected chi connectivity index (χ1v) is 9.83. The molecule has 23 heavy (non-hydrogen) atoms. The largest absolute Gasteiger partial charge is 0.296 e. The highest BCUT2D eigenvalue weighted by Crippen LogP contribution is 2.53. The van der Waals surface area contributed by atoms with Crippen molar-refractivity contribution in [1.29, 1.82) is 5.16 Å². The molecular formula is C16H29ClN5P. The standard InChI is InChI=1S/C16H28N5P.ClH/c1-6-19(7-2)22(17,20(8-3)9-4)16-14(5)18-15-12-10-11-13-21(15)16;/h10-13,17H,6-9H2,1-5H3;1H. The van der Waals surface area contributed by atoms with Gasteiger partial charge in [0.25, 0.3) is 0 Å². The number of hydrogen-bond donors (Lipinski definition) is 1. The zero-order valence-corrected chi connectivity index (χ0v) is 16.5. The summed E-state index contributed by atoms with van der Waals surface area (Å²) in [7, 11) is -2.36. The van der Waals surface area contributed by atoms with E-state index in [4.69, 9.17) is 4.98 Å². The fourth-order valence-electron chi connectivity index (χ4n) is 3.19. The second-order valence-corrected chi connectivity index (χ2v) is 8.09. The van der Waals surface area contributed by atoms with Crippen molar-refractivity contribution in [3.63, 3.8) is 0 Å². The molecule has 0 radical (unpaired) electrons. The van der Waals surface area contributed by atoms with Crippen LogP contribution in [0.2, 0.25) is 0 Å². The molecule has 0 atom stereocenters. The van der Waals surface area contributed by atoms with Crippen molar-refractivity contribution in [3.8, 4) is 0 Å². The van der Waals surface area contributed by atoms with Gasteiger partial charge in [0, 0.05) is 32.4 Å². The summed E-state index contributed by atoms with van der Waals surface area (Å²) in [6.45, 7) is 14.1. The van der Waals surface area contributed by atoms with Gasteiger partial charge >= 0.3 is 0 Å². The quantitative estimate of drug-likeness (QED) is 0.762. The fraction of sp³-hybridized carbons (Fsp3) is 0.562. The zero-order chi connectivity index (χ0) is 16.3. The Morgan fingerprint density at radius 2 is 1.57 bits per heavy atom. The summed E-state index contributed by atoms with van der Waals surface area (Å²) < 4.78 is 6.74. The van der Waals surface area contributed by atoms with Crippen LogP contribution in [0, 0.1) is 12.1 Å². The fourth-order valence-corrected chi connectivity index (χ4v) is 6.69. The predicted molar refractivity (Wildman–Crippen MR) is 102 cm³/mol. The van der Waals surface area contributed by atoms with Crippen molar-refractivity contribution in [1.82, 2.24) is 18.7 Å². The van der Waals surface area contributed by atoms with Crippen LogP contribution in [0.4, 0.5) is 0 Å². The van der Waals surface area contributed by atoms with Gasteiger partial charge in [-0.2, -0.15) is 0 Å². The Morgan fingerprint density at radius 1 is 1.04 bits per heavy atom. The summed E-state index contributed by atoms with van der Waals surface area (Å²) >= 11 is 0. The smallest absolute Gasteiger partial charge is 0.142 e. The lowest BCUT2D eigenvalue weighted by Gasteiger charge is -2.41. The lowest BCUT2D eigenvalue weighted by Crippen LogP contribution is -2.39. The number of imidazole rings is 1. The van der Waals surface area contributed by atoms with Crippen molar-refractivity contribution >= 4 is 30.8 Å². The van der Waals surface area contributed by atoms with Crippen LogP contribution in [0.1, 0.15) is 33.4 Å². The van der Waals surface area contributed by atoms with Crippen molar-refractivity contribution < 1.29 is 0 Å². The Bertz CT molecular complexity index is 660. The number of hydrogen-bond acceptors (Lipinski definition) is 2. The van der Waals surface area contributed by atoms with Crippen LogP contribution in [0.3, 0.4) is 0 Å². The lowest BCUT2D eigenvalue weighted by atomic mass is 10.5. The number of halogens is 1. The van der Waals surface area contributed by atoms with Crippen LogP contribution in [0.15, 0.2) is 24.4 Å². The van der Waals surface area contributed by atoms with E-state index in [1.54, 1.807) is 0 Å². The van der Waals surface area contributed by atoms with Crippen molar-refractivity contribution in [3.05, 3.63) is 30.1 Å². The van der Waals surface area contributed by atoms with E-state index in [-0.39, 0.29) is 12.4 Å². The van der Waals surface area contributed by atoms with E-state index >= 15 is 0 Å². The molecule has 0 unspecified atom stereocenters. The van der Waals surface area contributed by atoms with Gasteiger partial charge in [0.05, 0.1) is 5.69 Å². The van der Waals surface area contributed by atoms with E-state index in [1.165, 1.54) is 0 Å². The van der Waals surface area contributed by atoms with Crippen LogP contribution in [0.25, 0.3) is 5.65 Å². The Kier molecular flexibility index (Phi) is 7.28. The molecule has 2 heterocycles. The molecule has 2 aromatic rings. The Balaban J connectivity index is 0.00000264. The molecule has 2 aromatic heterocycles. The Labute approximate surface area is 146 Å². The summed E-state index contributed by atoms with van der Waals surface area (Å²) in [5, 5.41) is 9.52. The molecule has 0 spiro atoms. The maximum absolute atomic E-state index is 9.52. The number of aromatic nitrogens is 2. The third-order valence-corrected chi connectivity index (χ3v) is 8.15. The van der Waals surface area contributed by atoms with Gasteiger partial charge in [-0.05, 0) is 19.1 Å². The molecule has 130 valence electrons. The molecule has 0 saturated carbocycles. The average Bonchev–Trinajstić information content (AvgIpc) is 2.85. The summed E-state index contributed by atoms with van der Waals surface area (Å²) in [4.78, 5) is 4.70. The highest BCUT2D eigenvalue weighted by atomic mass is 35.5. The molecule has 5 nitrogen and oxygen atoms in total. The predicted octanol–water partition coefficient (Wildman–Crippen LogP) is 3.98. The minimum Gasteiger partial charge on any atom is -0.296 e. The minimum atomic E-state index is -2.36. The van der Waals surface area contributed by atoms with Crippen molar-refractivity contribution in [2.24, 2.45) is 0 Å². The summed E-state index contributed by atoms with van der Waals surface area (Å²) in [5.41, 5.74) is 2.98. The maximum Gasteiger partial charge on any atom is 0.142 e. The lowest BCUT2D eigenvalue weighted by molar-refractivity contribution is 0.417. The number of fused-ring (bicyclic) bond motifs is 1. The molecule has 0 amide bonds. The molecule has 7 heteroatoms. The van der Waals surface area contributed by atoms with E-state index < -0.39 is 7.36 Å². The highest BCUT2D eigenvalue weighted by Gasteiger charge is 2.35. The first kappa shape index (κ1) is 20.2. The first-order chi connectivity index (χ1) is 10.5. The van der Waals surface area contributed by atoms with Crippen molar-refractivity contribution in [2.75, 3.05) is 26.2 Å². The molecule has 0 aliphatic rings. The molecule has 1 N–H and O–H groups in total. The van der Waals surface area contributed by atoms with Crippen LogP contribution in [-0.2, 0) is 0 Å². The first-order valence-electron chi connectivity index (χ1n) is 8.13. The van der Waals surface area contributed by atoms with Crippen LogP contribution >= 0.6 is 19.8 Å². The van der Waals surface area contributed by atoms with E-state index in [0.717, 1.165) is 43.0 Å². The maximum atomic E-state index is 9.52. The van der Waals surface area contributed by atoms with Crippen molar-refractivity contribution in [2.45, 2.75) is 34.6 Å². The van der Waals surface area contributed by atoms with Gasteiger partial charge < -0.3 is 0 Å². The van der Waals surface area contributed by atoms with E-state index in [9.17, 15) is 5.16 Å². The second kappa shape index (κ2) is 8.29. The van der Waals surface area contributed by atoms with Gasteiger partial charge in [-0.25, -0.2) is 4.98 Å². The molecule has 0 bridgehead atoms. The van der Waals surface area contributed by atoms with E-state index in [1.807, 2.05) is 31.3 Å². The van der Waals surface area contributed by atoms with Gasteiger partial charge in [-0.15, -0.1) is 12.4 Å². The molecule has 0 aromatic carbocycles.